The van der Waals surface area contributed by atoms with E-state index in [1.165, 1.54) is 4.68 Å². The van der Waals surface area contributed by atoms with Crippen LogP contribution < -0.4 is 5.32 Å². The molecule has 1 N–H and O–H groups in total. The minimum absolute atomic E-state index is 0.147. The summed E-state index contributed by atoms with van der Waals surface area (Å²) in [7, 11) is 0. The molecule has 0 spiro atoms. The predicted molar refractivity (Wildman–Crippen MR) is 99.2 cm³/mol. The van der Waals surface area contributed by atoms with E-state index in [4.69, 9.17) is 11.6 Å². The first kappa shape index (κ1) is 18.1. The SMILES string of the molecule is Cc1cc(C)n(CCCNC(=O)c2nnn(Cc3ccccc3)c2Cl)n1. The zero-order chi connectivity index (χ0) is 18.5. The maximum atomic E-state index is 12.3. The molecule has 2 aromatic heterocycles. The van der Waals surface area contributed by atoms with Gasteiger partial charge in [-0.05, 0) is 31.9 Å². The number of hydrogen-bond donors (Lipinski definition) is 1. The molecule has 0 unspecified atom stereocenters. The largest absolute Gasteiger partial charge is 0.350 e. The highest BCUT2D eigenvalue weighted by atomic mass is 35.5. The van der Waals surface area contributed by atoms with E-state index in [-0.39, 0.29) is 16.8 Å². The summed E-state index contributed by atoms with van der Waals surface area (Å²) in [6, 6.07) is 11.8. The van der Waals surface area contributed by atoms with Gasteiger partial charge in [0.1, 0.15) is 0 Å². The van der Waals surface area contributed by atoms with Crippen LogP contribution in [0.5, 0.6) is 0 Å². The highest BCUT2D eigenvalue weighted by molar-refractivity contribution is 6.32. The average Bonchev–Trinajstić information content (AvgIpc) is 3.14. The number of nitrogens with zero attached hydrogens (tertiary/aromatic N) is 5. The summed E-state index contributed by atoms with van der Waals surface area (Å²) in [5, 5.41) is 15.4. The van der Waals surface area contributed by atoms with Crippen molar-refractivity contribution in [3.63, 3.8) is 0 Å². The van der Waals surface area contributed by atoms with Gasteiger partial charge in [0, 0.05) is 18.8 Å². The summed E-state index contributed by atoms with van der Waals surface area (Å²) in [5.74, 6) is -0.317. The Labute approximate surface area is 157 Å². The van der Waals surface area contributed by atoms with Crippen molar-refractivity contribution >= 4 is 17.5 Å². The molecule has 26 heavy (non-hydrogen) atoms. The van der Waals surface area contributed by atoms with E-state index in [1.54, 1.807) is 0 Å². The Morgan fingerprint density at radius 3 is 2.65 bits per heavy atom. The molecule has 0 aliphatic carbocycles. The summed E-state index contributed by atoms with van der Waals surface area (Å²) in [5.41, 5.74) is 3.29. The van der Waals surface area contributed by atoms with Crippen LogP contribution in [0, 0.1) is 13.8 Å². The molecule has 3 rings (SSSR count). The monoisotopic (exact) mass is 372 g/mol. The van der Waals surface area contributed by atoms with Crippen LogP contribution in [0.25, 0.3) is 0 Å². The van der Waals surface area contributed by atoms with Gasteiger partial charge < -0.3 is 5.32 Å². The molecule has 136 valence electrons. The van der Waals surface area contributed by atoms with Gasteiger partial charge in [0.15, 0.2) is 10.8 Å². The average molecular weight is 373 g/mol. The third-order valence-corrected chi connectivity index (χ3v) is 4.37. The molecular formula is C18H21ClN6O. The van der Waals surface area contributed by atoms with Crippen LogP contribution in [-0.2, 0) is 13.1 Å². The highest BCUT2D eigenvalue weighted by Gasteiger charge is 2.18. The molecule has 1 amide bonds. The topological polar surface area (TPSA) is 77.6 Å². The standard InChI is InChI=1S/C18H21ClN6O/c1-13-11-14(2)24(22-13)10-6-9-20-18(26)16-17(19)25(23-21-16)12-15-7-4-3-5-8-15/h3-5,7-8,11H,6,9-10,12H2,1-2H3,(H,20,26). The zero-order valence-corrected chi connectivity index (χ0v) is 15.6. The van der Waals surface area contributed by atoms with Crippen LogP contribution >= 0.6 is 11.6 Å². The van der Waals surface area contributed by atoms with Crippen molar-refractivity contribution in [1.29, 1.82) is 0 Å². The number of nitrogens with one attached hydrogen (secondary N) is 1. The Morgan fingerprint density at radius 2 is 1.96 bits per heavy atom. The molecule has 2 heterocycles. The maximum Gasteiger partial charge on any atom is 0.275 e. The second-order valence-corrected chi connectivity index (χ2v) is 6.49. The first-order chi connectivity index (χ1) is 12.5. The van der Waals surface area contributed by atoms with Gasteiger partial charge in [0.05, 0.1) is 12.2 Å². The van der Waals surface area contributed by atoms with Crippen molar-refractivity contribution in [1.82, 2.24) is 30.1 Å². The second kappa shape index (κ2) is 8.14. The van der Waals surface area contributed by atoms with Crippen molar-refractivity contribution in [2.75, 3.05) is 6.54 Å². The van der Waals surface area contributed by atoms with Gasteiger partial charge in [0.25, 0.3) is 5.91 Å². The first-order valence-electron chi connectivity index (χ1n) is 8.47. The predicted octanol–water partition coefficient (Wildman–Crippen LogP) is 2.61. The lowest BCUT2D eigenvalue weighted by molar-refractivity contribution is 0.0947. The van der Waals surface area contributed by atoms with E-state index >= 15 is 0 Å². The fraction of sp³-hybridized carbons (Fsp3) is 0.333. The number of aromatic nitrogens is 5. The first-order valence-corrected chi connectivity index (χ1v) is 8.84. The molecule has 3 aromatic rings. The lowest BCUT2D eigenvalue weighted by Crippen LogP contribution is -2.26. The van der Waals surface area contributed by atoms with Crippen LogP contribution in [0.2, 0.25) is 5.15 Å². The molecular weight excluding hydrogens is 352 g/mol. The Morgan fingerprint density at radius 1 is 1.19 bits per heavy atom. The zero-order valence-electron chi connectivity index (χ0n) is 14.8. The maximum absolute atomic E-state index is 12.3. The van der Waals surface area contributed by atoms with E-state index in [0.717, 1.165) is 29.9 Å². The minimum Gasteiger partial charge on any atom is -0.350 e. The van der Waals surface area contributed by atoms with Crippen LogP contribution in [0.3, 0.4) is 0 Å². The lowest BCUT2D eigenvalue weighted by atomic mass is 10.2. The molecule has 0 atom stereocenters. The third kappa shape index (κ3) is 4.29. The van der Waals surface area contributed by atoms with E-state index in [2.05, 4.69) is 20.7 Å². The van der Waals surface area contributed by atoms with Crippen molar-refractivity contribution in [2.45, 2.75) is 33.4 Å². The van der Waals surface area contributed by atoms with E-state index in [0.29, 0.717) is 13.1 Å². The van der Waals surface area contributed by atoms with Crippen molar-refractivity contribution < 1.29 is 4.79 Å². The fourth-order valence-corrected chi connectivity index (χ4v) is 2.93. The van der Waals surface area contributed by atoms with Crippen molar-refractivity contribution in [3.8, 4) is 0 Å². The molecule has 0 saturated heterocycles. The fourth-order valence-electron chi connectivity index (χ4n) is 2.71. The number of aryl methyl sites for hydroxylation is 3. The number of benzene rings is 1. The molecule has 0 aliphatic heterocycles. The van der Waals surface area contributed by atoms with Crippen LogP contribution in [0.15, 0.2) is 36.4 Å². The highest BCUT2D eigenvalue weighted by Crippen LogP contribution is 2.14. The molecule has 0 fully saturated rings. The number of halogens is 1. The molecule has 0 bridgehead atoms. The van der Waals surface area contributed by atoms with Crippen molar-refractivity contribution in [2.24, 2.45) is 0 Å². The van der Waals surface area contributed by atoms with Gasteiger partial charge in [-0.15, -0.1) is 5.10 Å². The molecule has 8 heteroatoms. The summed E-state index contributed by atoms with van der Waals surface area (Å²) >= 11 is 6.26. The minimum atomic E-state index is -0.317. The van der Waals surface area contributed by atoms with Crippen molar-refractivity contribution in [3.05, 3.63) is 64.2 Å². The third-order valence-electron chi connectivity index (χ3n) is 4.00. The Balaban J connectivity index is 1.52. The molecule has 0 radical (unpaired) electrons. The normalized spacial score (nSPS) is 10.9. The van der Waals surface area contributed by atoms with E-state index < -0.39 is 0 Å². The van der Waals surface area contributed by atoms with E-state index in [1.807, 2.05) is 54.9 Å². The lowest BCUT2D eigenvalue weighted by Gasteiger charge is -2.06. The van der Waals surface area contributed by atoms with Gasteiger partial charge in [-0.25, -0.2) is 4.68 Å². The molecule has 0 saturated carbocycles. The Hall–Kier alpha value is -2.67. The van der Waals surface area contributed by atoms with Gasteiger partial charge >= 0.3 is 0 Å². The second-order valence-electron chi connectivity index (χ2n) is 6.13. The van der Waals surface area contributed by atoms with Crippen LogP contribution in [-0.4, -0.2) is 37.2 Å². The Kier molecular flexibility index (Phi) is 5.68. The Bertz CT molecular complexity index is 886. The number of carbonyl (C=O) groups excluding carboxylic acids is 1. The summed E-state index contributed by atoms with van der Waals surface area (Å²) in [4.78, 5) is 12.3. The smallest absolute Gasteiger partial charge is 0.275 e. The molecule has 7 nitrogen and oxygen atoms in total. The van der Waals surface area contributed by atoms with Gasteiger partial charge in [0.2, 0.25) is 0 Å². The molecule has 0 aliphatic rings. The number of rotatable bonds is 7. The summed E-state index contributed by atoms with van der Waals surface area (Å²) in [6.07, 6.45) is 0.767. The number of carbonyl (C=O) groups is 1. The molecule has 1 aromatic carbocycles. The van der Waals surface area contributed by atoms with Gasteiger partial charge in [-0.1, -0.05) is 47.1 Å². The number of hydrogen-bond acceptors (Lipinski definition) is 4. The quantitative estimate of drug-likeness (QED) is 0.647. The summed E-state index contributed by atoms with van der Waals surface area (Å²) < 4.78 is 3.45. The van der Waals surface area contributed by atoms with Gasteiger partial charge in [-0.3, -0.25) is 9.48 Å². The van der Waals surface area contributed by atoms with Crippen LogP contribution in [0.1, 0.15) is 33.9 Å². The van der Waals surface area contributed by atoms with E-state index in [9.17, 15) is 4.79 Å². The van der Waals surface area contributed by atoms with Gasteiger partial charge in [-0.2, -0.15) is 5.10 Å². The number of amides is 1. The van der Waals surface area contributed by atoms with Crippen LogP contribution in [0.4, 0.5) is 0 Å². The summed E-state index contributed by atoms with van der Waals surface area (Å²) in [6.45, 7) is 5.71.